The first-order valence-electron chi connectivity index (χ1n) is 5.96. The molecule has 0 rings (SSSR count). The van der Waals surface area contributed by atoms with Gasteiger partial charge in [-0.15, -0.1) is 0 Å². The molecule has 0 aliphatic rings. The van der Waals surface area contributed by atoms with E-state index >= 15 is 0 Å². The Labute approximate surface area is 92.7 Å². The summed E-state index contributed by atoms with van der Waals surface area (Å²) >= 11 is 0. The first-order valence-corrected chi connectivity index (χ1v) is 5.96. The van der Waals surface area contributed by atoms with Gasteiger partial charge in [0.1, 0.15) is 6.10 Å². The predicted molar refractivity (Wildman–Crippen MR) is 60.2 cm³/mol. The van der Waals surface area contributed by atoms with Crippen molar-refractivity contribution >= 4 is 0 Å². The molecule has 0 bridgehead atoms. The summed E-state index contributed by atoms with van der Waals surface area (Å²) in [5, 5.41) is 26.8. The first-order chi connectivity index (χ1) is 7.20. The standard InChI is InChI=1S/C12H23NO2/c1-2-3-4-5-6-7-11(14)8-9-12(15)10-13/h11-12,14-15H,2-9H2,1H3. The second kappa shape index (κ2) is 9.95. The van der Waals surface area contributed by atoms with Gasteiger partial charge in [0, 0.05) is 0 Å². The molecule has 0 aliphatic carbocycles. The van der Waals surface area contributed by atoms with E-state index in [1.54, 1.807) is 6.07 Å². The van der Waals surface area contributed by atoms with Crippen molar-refractivity contribution in [1.82, 2.24) is 0 Å². The third-order valence-electron chi connectivity index (χ3n) is 2.56. The number of rotatable bonds is 9. The molecule has 0 heterocycles. The molecular formula is C12H23NO2. The fourth-order valence-corrected chi connectivity index (χ4v) is 1.54. The van der Waals surface area contributed by atoms with E-state index in [0.29, 0.717) is 12.8 Å². The lowest BCUT2D eigenvalue weighted by Crippen LogP contribution is -2.11. The molecule has 0 saturated heterocycles. The van der Waals surface area contributed by atoms with E-state index in [-0.39, 0.29) is 6.10 Å². The molecule has 0 aliphatic heterocycles. The number of nitriles is 1. The van der Waals surface area contributed by atoms with Gasteiger partial charge in [-0.1, -0.05) is 39.0 Å². The summed E-state index contributed by atoms with van der Waals surface area (Å²) in [5.74, 6) is 0. The summed E-state index contributed by atoms with van der Waals surface area (Å²) in [6, 6.07) is 1.75. The van der Waals surface area contributed by atoms with Gasteiger partial charge in [0.05, 0.1) is 12.2 Å². The van der Waals surface area contributed by atoms with Gasteiger partial charge < -0.3 is 10.2 Å². The minimum Gasteiger partial charge on any atom is -0.393 e. The summed E-state index contributed by atoms with van der Waals surface area (Å²) in [6.45, 7) is 2.18. The highest BCUT2D eigenvalue weighted by Crippen LogP contribution is 2.11. The predicted octanol–water partition coefficient (Wildman–Crippen LogP) is 2.37. The molecule has 0 radical (unpaired) electrons. The SMILES string of the molecule is CCCCCCCC(O)CCC(O)C#N. The van der Waals surface area contributed by atoms with Crippen LogP contribution < -0.4 is 0 Å². The van der Waals surface area contributed by atoms with Crippen molar-refractivity contribution < 1.29 is 10.2 Å². The lowest BCUT2D eigenvalue weighted by molar-refractivity contribution is 0.125. The van der Waals surface area contributed by atoms with E-state index in [9.17, 15) is 5.11 Å². The average molecular weight is 213 g/mol. The van der Waals surface area contributed by atoms with Gasteiger partial charge in [-0.2, -0.15) is 5.26 Å². The number of aliphatic hydroxyl groups is 2. The van der Waals surface area contributed by atoms with Crippen molar-refractivity contribution in [3.63, 3.8) is 0 Å². The molecule has 3 nitrogen and oxygen atoms in total. The summed E-state index contributed by atoms with van der Waals surface area (Å²) in [5.41, 5.74) is 0. The van der Waals surface area contributed by atoms with Crippen LogP contribution in [0.1, 0.15) is 58.3 Å². The highest BCUT2D eigenvalue weighted by Gasteiger charge is 2.07. The molecule has 2 atom stereocenters. The van der Waals surface area contributed by atoms with Crippen molar-refractivity contribution in [2.75, 3.05) is 0 Å². The monoisotopic (exact) mass is 213 g/mol. The minimum absolute atomic E-state index is 0.352. The lowest BCUT2D eigenvalue weighted by atomic mass is 10.0. The first kappa shape index (κ1) is 14.4. The molecule has 0 aromatic carbocycles. The number of aliphatic hydroxyl groups excluding tert-OH is 2. The zero-order chi connectivity index (χ0) is 11.5. The highest BCUT2D eigenvalue weighted by molar-refractivity contribution is 4.82. The van der Waals surface area contributed by atoms with Crippen molar-refractivity contribution in [2.24, 2.45) is 0 Å². The van der Waals surface area contributed by atoms with E-state index in [4.69, 9.17) is 10.4 Å². The number of hydrogen-bond donors (Lipinski definition) is 2. The molecule has 2 unspecified atom stereocenters. The van der Waals surface area contributed by atoms with E-state index < -0.39 is 6.10 Å². The normalized spacial score (nSPS) is 14.5. The maximum absolute atomic E-state index is 9.53. The molecule has 0 aromatic heterocycles. The van der Waals surface area contributed by atoms with E-state index in [2.05, 4.69) is 6.92 Å². The Morgan fingerprint density at radius 3 is 2.27 bits per heavy atom. The van der Waals surface area contributed by atoms with E-state index in [1.165, 1.54) is 25.7 Å². The molecule has 0 spiro atoms. The van der Waals surface area contributed by atoms with Crippen LogP contribution in [0.5, 0.6) is 0 Å². The zero-order valence-corrected chi connectivity index (χ0v) is 9.65. The van der Waals surface area contributed by atoms with Crippen LogP contribution in [0.25, 0.3) is 0 Å². The van der Waals surface area contributed by atoms with Gasteiger partial charge in [0.15, 0.2) is 0 Å². The van der Waals surface area contributed by atoms with Crippen LogP contribution in [0.3, 0.4) is 0 Å². The van der Waals surface area contributed by atoms with Crippen LogP contribution >= 0.6 is 0 Å². The molecule has 15 heavy (non-hydrogen) atoms. The van der Waals surface area contributed by atoms with Gasteiger partial charge in [-0.25, -0.2) is 0 Å². The summed E-state index contributed by atoms with van der Waals surface area (Å²) in [7, 11) is 0. The number of nitrogens with zero attached hydrogens (tertiary/aromatic N) is 1. The van der Waals surface area contributed by atoms with Crippen molar-refractivity contribution in [3.8, 4) is 6.07 Å². The molecular weight excluding hydrogens is 190 g/mol. The van der Waals surface area contributed by atoms with Crippen molar-refractivity contribution in [1.29, 1.82) is 5.26 Å². The third kappa shape index (κ3) is 9.71. The maximum Gasteiger partial charge on any atom is 0.140 e. The van der Waals surface area contributed by atoms with Gasteiger partial charge in [-0.05, 0) is 19.3 Å². The Morgan fingerprint density at radius 1 is 1.00 bits per heavy atom. The second-order valence-electron chi connectivity index (χ2n) is 4.08. The van der Waals surface area contributed by atoms with Crippen LogP contribution in [0.4, 0.5) is 0 Å². The topological polar surface area (TPSA) is 64.2 Å². The Morgan fingerprint density at radius 2 is 1.67 bits per heavy atom. The molecule has 2 N–H and O–H groups in total. The summed E-state index contributed by atoms with van der Waals surface area (Å²) in [4.78, 5) is 0. The van der Waals surface area contributed by atoms with Crippen LogP contribution in [0.15, 0.2) is 0 Å². The minimum atomic E-state index is -0.917. The van der Waals surface area contributed by atoms with E-state index in [1.807, 2.05) is 0 Å². The molecule has 0 saturated carbocycles. The summed E-state index contributed by atoms with van der Waals surface area (Å²) < 4.78 is 0. The quantitative estimate of drug-likeness (QED) is 0.456. The van der Waals surface area contributed by atoms with Crippen molar-refractivity contribution in [3.05, 3.63) is 0 Å². The number of hydrogen-bond acceptors (Lipinski definition) is 3. The Hall–Kier alpha value is -0.590. The van der Waals surface area contributed by atoms with Crippen LogP contribution in [-0.4, -0.2) is 22.4 Å². The summed E-state index contributed by atoms with van der Waals surface area (Å²) in [6.07, 6.45) is 6.39. The van der Waals surface area contributed by atoms with Gasteiger partial charge in [0.2, 0.25) is 0 Å². The maximum atomic E-state index is 9.53. The largest absolute Gasteiger partial charge is 0.393 e. The average Bonchev–Trinajstić information content (AvgIpc) is 2.25. The van der Waals surface area contributed by atoms with E-state index in [0.717, 1.165) is 12.8 Å². The fourth-order valence-electron chi connectivity index (χ4n) is 1.54. The molecule has 3 heteroatoms. The third-order valence-corrected chi connectivity index (χ3v) is 2.56. The van der Waals surface area contributed by atoms with Gasteiger partial charge in [0.25, 0.3) is 0 Å². The smallest absolute Gasteiger partial charge is 0.140 e. The lowest BCUT2D eigenvalue weighted by Gasteiger charge is -2.10. The molecule has 0 amide bonds. The second-order valence-corrected chi connectivity index (χ2v) is 4.08. The van der Waals surface area contributed by atoms with Crippen LogP contribution in [-0.2, 0) is 0 Å². The van der Waals surface area contributed by atoms with Gasteiger partial charge in [-0.3, -0.25) is 0 Å². The Balaban J connectivity index is 3.26. The van der Waals surface area contributed by atoms with Crippen LogP contribution in [0.2, 0.25) is 0 Å². The van der Waals surface area contributed by atoms with Crippen LogP contribution in [0, 0.1) is 11.3 Å². The molecule has 88 valence electrons. The Bertz CT molecular complexity index is 177. The zero-order valence-electron chi connectivity index (χ0n) is 9.65. The Kier molecular flexibility index (Phi) is 9.55. The van der Waals surface area contributed by atoms with Crippen molar-refractivity contribution in [2.45, 2.75) is 70.5 Å². The molecule has 0 aromatic rings. The highest BCUT2D eigenvalue weighted by atomic mass is 16.3. The van der Waals surface area contributed by atoms with Gasteiger partial charge >= 0.3 is 0 Å². The fraction of sp³-hybridized carbons (Fsp3) is 0.917. The number of unbranched alkanes of at least 4 members (excludes halogenated alkanes) is 4. The molecule has 0 fully saturated rings.